The number of carbonyl (C=O) groups excluding carboxylic acids is 1. The summed E-state index contributed by atoms with van der Waals surface area (Å²) in [4.78, 5) is 13.4. The lowest BCUT2D eigenvalue weighted by molar-refractivity contribution is 0.0204. The summed E-state index contributed by atoms with van der Waals surface area (Å²) in [6.07, 6.45) is 1.83. The van der Waals surface area contributed by atoms with Crippen LogP contribution in [0.3, 0.4) is 0 Å². The number of hydrogen-bond acceptors (Lipinski definition) is 7. The van der Waals surface area contributed by atoms with Crippen molar-refractivity contribution in [3.05, 3.63) is 28.5 Å². The predicted molar refractivity (Wildman–Crippen MR) is 90.3 cm³/mol. The van der Waals surface area contributed by atoms with Crippen LogP contribution in [0.4, 0.5) is 0 Å². The Kier molecular flexibility index (Phi) is 4.28. The SMILES string of the molecule is COC1=CC(=NO)C[C@@H](C)[C@]12Oc1c(Cl)c(OC)cc(OC)c1C2=O. The minimum absolute atomic E-state index is 0.188. The number of hydrogen-bond donors (Lipinski definition) is 1. The molecule has 0 fully saturated rings. The van der Waals surface area contributed by atoms with Crippen LogP contribution in [0.2, 0.25) is 5.02 Å². The first-order valence-corrected chi connectivity index (χ1v) is 7.97. The summed E-state index contributed by atoms with van der Waals surface area (Å²) >= 11 is 6.36. The Morgan fingerprint density at radius 2 is 1.96 bits per heavy atom. The summed E-state index contributed by atoms with van der Waals surface area (Å²) in [7, 11) is 4.35. The second kappa shape index (κ2) is 6.15. The highest BCUT2D eigenvalue weighted by atomic mass is 35.5. The number of halogens is 1. The zero-order chi connectivity index (χ0) is 18.4. The van der Waals surface area contributed by atoms with Gasteiger partial charge in [0.2, 0.25) is 11.4 Å². The lowest BCUT2D eigenvalue weighted by atomic mass is 9.75. The number of carbonyl (C=O) groups is 1. The fraction of sp³-hybridized carbons (Fsp3) is 0.412. The maximum Gasteiger partial charge on any atom is 0.231 e. The molecule has 1 N–H and O–H groups in total. The zero-order valence-electron chi connectivity index (χ0n) is 14.3. The quantitative estimate of drug-likeness (QED) is 0.652. The molecule has 1 aliphatic heterocycles. The van der Waals surface area contributed by atoms with E-state index >= 15 is 0 Å². The Morgan fingerprint density at radius 3 is 2.52 bits per heavy atom. The van der Waals surface area contributed by atoms with Crippen molar-refractivity contribution in [2.45, 2.75) is 18.9 Å². The highest BCUT2D eigenvalue weighted by Gasteiger charge is 2.59. The first-order valence-electron chi connectivity index (χ1n) is 7.59. The van der Waals surface area contributed by atoms with Crippen molar-refractivity contribution >= 4 is 23.1 Å². The van der Waals surface area contributed by atoms with Crippen LogP contribution >= 0.6 is 11.6 Å². The molecule has 3 rings (SSSR count). The van der Waals surface area contributed by atoms with Gasteiger partial charge < -0.3 is 24.2 Å². The number of methoxy groups -OCH3 is 3. The number of ketones is 1. The first kappa shape index (κ1) is 17.4. The first-order chi connectivity index (χ1) is 11.9. The lowest BCUT2D eigenvalue weighted by Gasteiger charge is -2.37. The van der Waals surface area contributed by atoms with Crippen LogP contribution in [0.25, 0.3) is 0 Å². The van der Waals surface area contributed by atoms with E-state index in [0.29, 0.717) is 23.6 Å². The Morgan fingerprint density at radius 1 is 1.28 bits per heavy atom. The normalized spacial score (nSPS) is 26.3. The van der Waals surface area contributed by atoms with Crippen molar-refractivity contribution < 1.29 is 28.9 Å². The summed E-state index contributed by atoms with van der Waals surface area (Å²) in [5.41, 5.74) is -0.750. The molecule has 2 atom stereocenters. The van der Waals surface area contributed by atoms with Gasteiger partial charge in [0.05, 0.1) is 27.0 Å². The summed E-state index contributed by atoms with van der Waals surface area (Å²) in [5, 5.41) is 12.5. The van der Waals surface area contributed by atoms with Crippen molar-refractivity contribution in [2.75, 3.05) is 21.3 Å². The van der Waals surface area contributed by atoms with E-state index < -0.39 is 5.60 Å². The van der Waals surface area contributed by atoms with Gasteiger partial charge in [-0.25, -0.2) is 0 Å². The Hall–Kier alpha value is -2.41. The van der Waals surface area contributed by atoms with Crippen molar-refractivity contribution in [3.63, 3.8) is 0 Å². The van der Waals surface area contributed by atoms with Gasteiger partial charge in [-0.05, 0) is 0 Å². The molecule has 0 aromatic heterocycles. The molecule has 8 heteroatoms. The number of rotatable bonds is 3. The molecular formula is C17H18ClNO6. The Labute approximate surface area is 149 Å². The molecule has 1 spiro atoms. The number of oxime groups is 1. The molecule has 1 heterocycles. The van der Waals surface area contributed by atoms with E-state index in [1.54, 1.807) is 6.07 Å². The molecule has 134 valence electrons. The van der Waals surface area contributed by atoms with Gasteiger partial charge in [0.25, 0.3) is 0 Å². The monoisotopic (exact) mass is 367 g/mol. The van der Waals surface area contributed by atoms with Crippen LogP contribution < -0.4 is 14.2 Å². The molecule has 2 aliphatic rings. The fourth-order valence-corrected chi connectivity index (χ4v) is 3.65. The average Bonchev–Trinajstić information content (AvgIpc) is 2.93. The number of ether oxygens (including phenoxy) is 4. The fourth-order valence-electron chi connectivity index (χ4n) is 3.39. The van der Waals surface area contributed by atoms with Gasteiger partial charge in [-0.2, -0.15) is 0 Å². The minimum Gasteiger partial charge on any atom is -0.496 e. The van der Waals surface area contributed by atoms with Gasteiger partial charge >= 0.3 is 0 Å². The van der Waals surface area contributed by atoms with E-state index in [4.69, 9.17) is 35.8 Å². The second-order valence-corrected chi connectivity index (χ2v) is 6.25. The smallest absolute Gasteiger partial charge is 0.231 e. The molecule has 0 amide bonds. The zero-order valence-corrected chi connectivity index (χ0v) is 15.0. The van der Waals surface area contributed by atoms with Crippen molar-refractivity contribution in [1.29, 1.82) is 0 Å². The average molecular weight is 368 g/mol. The number of fused-ring (bicyclic) bond motifs is 1. The molecular weight excluding hydrogens is 350 g/mol. The number of Topliss-reactive ketones (excluding diaryl/α,β-unsaturated/α-hetero) is 1. The van der Waals surface area contributed by atoms with Gasteiger partial charge in [-0.1, -0.05) is 23.7 Å². The third kappa shape index (κ3) is 2.26. The highest BCUT2D eigenvalue weighted by Crippen LogP contribution is 2.54. The Balaban J connectivity index is 2.25. The van der Waals surface area contributed by atoms with Gasteiger partial charge in [0, 0.05) is 24.5 Å². The van der Waals surface area contributed by atoms with Gasteiger partial charge in [0.15, 0.2) is 5.75 Å². The van der Waals surface area contributed by atoms with Crippen molar-refractivity contribution in [3.8, 4) is 17.2 Å². The predicted octanol–water partition coefficient (Wildman–Crippen LogP) is 3.07. The third-order valence-electron chi connectivity index (χ3n) is 4.64. The van der Waals surface area contributed by atoms with E-state index in [1.165, 1.54) is 27.4 Å². The largest absolute Gasteiger partial charge is 0.496 e. The van der Waals surface area contributed by atoms with Crippen molar-refractivity contribution in [1.82, 2.24) is 0 Å². The van der Waals surface area contributed by atoms with Crippen molar-refractivity contribution in [2.24, 2.45) is 11.1 Å². The van der Waals surface area contributed by atoms with Gasteiger partial charge in [-0.15, -0.1) is 0 Å². The van der Waals surface area contributed by atoms with E-state index in [2.05, 4.69) is 5.16 Å². The molecule has 25 heavy (non-hydrogen) atoms. The molecule has 7 nitrogen and oxygen atoms in total. The number of benzene rings is 1. The lowest BCUT2D eigenvalue weighted by Crippen LogP contribution is -2.51. The van der Waals surface area contributed by atoms with E-state index in [0.717, 1.165) is 0 Å². The number of allylic oxidation sites excluding steroid dienone is 1. The number of nitrogens with zero attached hydrogens (tertiary/aromatic N) is 1. The van der Waals surface area contributed by atoms with Gasteiger partial charge in [-0.3, -0.25) is 4.79 Å². The standard InChI is InChI=1S/C17H18ClNO6/c1-8-5-9(19-21)6-12(24-4)17(8)16(20)13-10(22-2)7-11(23-3)14(18)15(13)25-17/h6-8,21H,5H2,1-4H3/t8-,17+/m1/s1. The van der Waals surface area contributed by atoms with E-state index in [1.807, 2.05) is 6.92 Å². The molecule has 0 saturated heterocycles. The van der Waals surface area contributed by atoms with E-state index in [-0.39, 0.29) is 33.8 Å². The summed E-state index contributed by atoms with van der Waals surface area (Å²) in [5.74, 6) is 0.416. The molecule has 0 saturated carbocycles. The van der Waals surface area contributed by atoms with Crippen LogP contribution in [0.15, 0.2) is 23.1 Å². The second-order valence-electron chi connectivity index (χ2n) is 5.88. The molecule has 0 bridgehead atoms. The van der Waals surface area contributed by atoms with Gasteiger partial charge in [0.1, 0.15) is 27.8 Å². The van der Waals surface area contributed by atoms with Crippen LogP contribution in [-0.2, 0) is 4.74 Å². The van der Waals surface area contributed by atoms with Crippen LogP contribution in [0.5, 0.6) is 17.2 Å². The molecule has 0 radical (unpaired) electrons. The molecule has 1 aromatic rings. The molecule has 1 aromatic carbocycles. The summed E-state index contributed by atoms with van der Waals surface area (Å²) in [6, 6.07) is 1.55. The Bertz CT molecular complexity index is 803. The third-order valence-corrected chi connectivity index (χ3v) is 5.00. The maximum atomic E-state index is 13.4. The molecule has 1 aliphatic carbocycles. The highest BCUT2D eigenvalue weighted by molar-refractivity contribution is 6.35. The topological polar surface area (TPSA) is 86.6 Å². The van der Waals surface area contributed by atoms with Crippen LogP contribution in [0.1, 0.15) is 23.7 Å². The maximum absolute atomic E-state index is 13.4. The van der Waals surface area contributed by atoms with Crippen LogP contribution in [0, 0.1) is 5.92 Å². The van der Waals surface area contributed by atoms with E-state index in [9.17, 15) is 4.79 Å². The van der Waals surface area contributed by atoms with Crippen LogP contribution in [-0.4, -0.2) is 43.6 Å². The summed E-state index contributed by atoms with van der Waals surface area (Å²) in [6.45, 7) is 1.82. The summed E-state index contributed by atoms with van der Waals surface area (Å²) < 4.78 is 22.1. The molecule has 0 unspecified atom stereocenters. The minimum atomic E-state index is -1.39.